The highest BCUT2D eigenvalue weighted by Crippen LogP contribution is 2.80. The van der Waals surface area contributed by atoms with Crippen molar-refractivity contribution < 1.29 is 14.2 Å². The second-order valence-corrected chi connectivity index (χ2v) is 24.3. The summed E-state index contributed by atoms with van der Waals surface area (Å²) in [5.41, 5.74) is -0.422. The van der Waals surface area contributed by atoms with Gasteiger partial charge in [0.1, 0.15) is 0 Å². The van der Waals surface area contributed by atoms with E-state index in [1.54, 1.807) is 83.2 Å². The number of ether oxygens (including phenoxy) is 3. The van der Waals surface area contributed by atoms with Crippen molar-refractivity contribution in [3.63, 3.8) is 0 Å². The number of hydrogen-bond donors (Lipinski definition) is 0. The molecule has 0 spiro atoms. The Hall–Kier alpha value is 0.740. The van der Waals surface area contributed by atoms with Gasteiger partial charge in [0.2, 0.25) is 0 Å². The molecule has 13 aliphatic rings. The largest absolute Gasteiger partial charge is 0.343 e. The lowest BCUT2D eigenvalue weighted by molar-refractivity contribution is -0.549. The number of rotatable bonds is 6. The van der Waals surface area contributed by atoms with E-state index in [2.05, 4.69) is 43.9 Å². The molecule has 13 rings (SSSR count). The van der Waals surface area contributed by atoms with Crippen molar-refractivity contribution in [3.8, 4) is 0 Å². The second kappa shape index (κ2) is 9.54. The summed E-state index contributed by atoms with van der Waals surface area (Å²) < 4.78 is 21.1. The summed E-state index contributed by atoms with van der Waals surface area (Å²) >= 11 is 0. The second-order valence-electron chi connectivity index (χ2n) is 20.7. The summed E-state index contributed by atoms with van der Waals surface area (Å²) in [6.07, 6.45) is 28.0. The molecule has 4 aliphatic heterocycles. The molecular weight excluding hydrogens is 590 g/mol. The van der Waals surface area contributed by atoms with Crippen LogP contribution < -0.4 is 0 Å². The minimum Gasteiger partial charge on any atom is -0.343 e. The fraction of sp³-hybridized carbons (Fsp3) is 1.00. The van der Waals surface area contributed by atoms with Gasteiger partial charge in [-0.2, -0.15) is 0 Å². The fourth-order valence-corrected chi connectivity index (χ4v) is 24.2. The van der Waals surface area contributed by atoms with Gasteiger partial charge in [-0.15, -0.1) is 9.24 Å². The van der Waals surface area contributed by atoms with E-state index in [-0.39, 0.29) is 24.5 Å². The first kappa shape index (κ1) is 30.6. The Bertz CT molecular complexity index is 1090. The molecule has 9 saturated carbocycles. The van der Waals surface area contributed by atoms with Gasteiger partial charge in [-0.05, 0) is 193 Å². The van der Waals surface area contributed by atoms with Gasteiger partial charge in [0.15, 0.2) is 11.6 Å². The molecule has 0 aromatic carbocycles. The summed E-state index contributed by atoms with van der Waals surface area (Å²) in [6, 6.07) is 0. The lowest BCUT2D eigenvalue weighted by Crippen LogP contribution is -2.84. The normalized spacial score (nSPS) is 64.3. The maximum absolute atomic E-state index is 7.27. The Kier molecular flexibility index (Phi) is 6.48. The molecule has 0 radical (unpaired) electrons. The van der Waals surface area contributed by atoms with E-state index >= 15 is 0 Å². The molecule has 0 aromatic rings. The third kappa shape index (κ3) is 4.13. The summed E-state index contributed by atoms with van der Waals surface area (Å²) in [4.78, 5) is 0. The van der Waals surface area contributed by atoms with E-state index in [9.17, 15) is 0 Å². The zero-order chi connectivity index (χ0) is 30.8. The minimum absolute atomic E-state index is 0.00241. The van der Waals surface area contributed by atoms with Crippen LogP contribution in [0.2, 0.25) is 0 Å². The van der Waals surface area contributed by atoms with E-state index in [0.29, 0.717) is 5.92 Å². The van der Waals surface area contributed by atoms with Crippen LogP contribution in [0.15, 0.2) is 0 Å². The van der Waals surface area contributed by atoms with Crippen LogP contribution in [0.25, 0.3) is 0 Å². The predicted octanol–water partition coefficient (Wildman–Crippen LogP) is 10.1. The Morgan fingerprint density at radius 1 is 0.600 bits per heavy atom. The first-order valence-electron chi connectivity index (χ1n) is 19.9. The molecule has 8 atom stereocenters. The van der Waals surface area contributed by atoms with Gasteiger partial charge in [0, 0.05) is 18.3 Å². The van der Waals surface area contributed by atoms with Gasteiger partial charge in [-0.25, -0.2) is 0 Å². The maximum Gasteiger partial charge on any atom is 0.172 e. The Balaban J connectivity index is 1.07. The highest BCUT2D eigenvalue weighted by atomic mass is 31.1. The highest BCUT2D eigenvalue weighted by Gasteiger charge is 2.79. The van der Waals surface area contributed by atoms with Gasteiger partial charge in [-0.1, -0.05) is 21.3 Å². The van der Waals surface area contributed by atoms with Crippen molar-refractivity contribution in [3.05, 3.63) is 0 Å². The Morgan fingerprint density at radius 3 is 1.42 bits per heavy atom. The third-order valence-electron chi connectivity index (χ3n) is 17.3. The van der Waals surface area contributed by atoms with Crippen molar-refractivity contribution in [2.45, 2.75) is 177 Å². The molecular formula is C40H64O3P2. The summed E-state index contributed by atoms with van der Waals surface area (Å²) in [5, 5.41) is 1.44. The molecule has 13 fully saturated rings. The highest BCUT2D eigenvalue weighted by molar-refractivity contribution is 7.61. The summed E-state index contributed by atoms with van der Waals surface area (Å²) in [7, 11) is 3.30. The fourth-order valence-electron chi connectivity index (χ4n) is 17.5. The molecule has 0 aromatic heterocycles. The standard InChI is InChI=1S/C40H64O3P2/c1-25-6-7-32(33(8-25)40(24-44)34(2)22-36(4)42-35(40,3)23-37(5,41-34)43-36)21-45(38-15-26-9-27(16-38)11-28(10-26)17-38)39-18-29-12-30(19-39)14-31(13-29)20-39/h25-33H,6-24,44H2,1-5H3. The van der Waals surface area contributed by atoms with Gasteiger partial charge in [-0.3, -0.25) is 0 Å². The van der Waals surface area contributed by atoms with E-state index in [1.165, 1.54) is 19.3 Å². The lowest BCUT2D eigenvalue weighted by atomic mass is 9.46. The maximum atomic E-state index is 7.27. The van der Waals surface area contributed by atoms with Crippen LogP contribution in [0.3, 0.4) is 0 Å². The molecule has 0 N–H and O–H groups in total. The molecule has 3 nitrogen and oxygen atoms in total. The average molecular weight is 655 g/mol. The van der Waals surface area contributed by atoms with Crippen molar-refractivity contribution in [1.29, 1.82) is 0 Å². The molecule has 0 amide bonds. The lowest BCUT2D eigenvalue weighted by Gasteiger charge is -2.77. The quantitative estimate of drug-likeness (QED) is 0.267. The molecule has 9 aliphatic carbocycles. The van der Waals surface area contributed by atoms with E-state index in [1.807, 2.05) is 0 Å². The SMILES string of the molecule is CC1CCC(CP(C23CC4CC(CC(C4)C2)C3)C23CC4CC(CC(C4)C2)C3)C(C2(CP)C3(C)CC4(C)OC(C)(CC2(C)O4)O3)C1. The van der Waals surface area contributed by atoms with Crippen LogP contribution in [0, 0.1) is 58.7 Å². The summed E-state index contributed by atoms with van der Waals surface area (Å²) in [6.45, 7) is 12.0. The monoisotopic (exact) mass is 654 g/mol. The Morgan fingerprint density at radius 2 is 1.02 bits per heavy atom. The smallest absolute Gasteiger partial charge is 0.172 e. The Labute approximate surface area is 278 Å². The van der Waals surface area contributed by atoms with Crippen molar-refractivity contribution in [1.82, 2.24) is 0 Å². The predicted molar refractivity (Wildman–Crippen MR) is 187 cm³/mol. The molecule has 8 unspecified atom stereocenters. The van der Waals surface area contributed by atoms with E-state index < -0.39 is 11.6 Å². The van der Waals surface area contributed by atoms with Crippen LogP contribution in [-0.2, 0) is 14.2 Å². The molecule has 4 heterocycles. The van der Waals surface area contributed by atoms with E-state index in [0.717, 1.165) is 76.7 Å². The molecule has 252 valence electrons. The van der Waals surface area contributed by atoms with Crippen LogP contribution in [-0.4, -0.2) is 45.4 Å². The zero-order valence-corrected chi connectivity index (χ0v) is 31.4. The van der Waals surface area contributed by atoms with Crippen LogP contribution in [0.1, 0.15) is 144 Å². The van der Waals surface area contributed by atoms with Gasteiger partial charge < -0.3 is 14.2 Å². The van der Waals surface area contributed by atoms with E-state index in [4.69, 9.17) is 14.2 Å². The topological polar surface area (TPSA) is 27.7 Å². The van der Waals surface area contributed by atoms with Crippen LogP contribution in [0.4, 0.5) is 0 Å². The minimum atomic E-state index is -0.529. The number of hydrogen-bond acceptors (Lipinski definition) is 3. The van der Waals surface area contributed by atoms with Crippen molar-refractivity contribution in [2.24, 2.45) is 58.7 Å². The first-order valence-corrected chi connectivity index (χ1v) is 22.2. The third-order valence-corrected chi connectivity index (χ3v) is 22.2. The average Bonchev–Trinajstić information content (AvgIpc) is 2.88. The van der Waals surface area contributed by atoms with Crippen LogP contribution >= 0.6 is 17.2 Å². The summed E-state index contributed by atoms with van der Waals surface area (Å²) in [5.74, 6) is 7.67. The van der Waals surface area contributed by atoms with Gasteiger partial charge in [0.25, 0.3) is 0 Å². The van der Waals surface area contributed by atoms with Crippen molar-refractivity contribution >= 4 is 17.2 Å². The molecule has 45 heavy (non-hydrogen) atoms. The zero-order valence-electron chi connectivity index (χ0n) is 29.4. The van der Waals surface area contributed by atoms with Crippen LogP contribution in [0.5, 0.6) is 0 Å². The molecule has 12 bridgehead atoms. The van der Waals surface area contributed by atoms with Gasteiger partial charge in [0.05, 0.1) is 11.2 Å². The first-order chi connectivity index (χ1) is 21.3. The molecule has 4 saturated heterocycles. The van der Waals surface area contributed by atoms with Gasteiger partial charge >= 0.3 is 0 Å². The van der Waals surface area contributed by atoms with Crippen molar-refractivity contribution in [2.75, 3.05) is 12.3 Å². The molecule has 5 heteroatoms.